The number of guanidine groups is 1. The molecule has 6 nitrogen and oxygen atoms in total. The van der Waals surface area contributed by atoms with E-state index in [1.807, 2.05) is 0 Å². The highest BCUT2D eigenvalue weighted by Crippen LogP contribution is 2.35. The van der Waals surface area contributed by atoms with Gasteiger partial charge >= 0.3 is 12.4 Å². The van der Waals surface area contributed by atoms with Crippen LogP contribution in [-0.2, 0) is 6.18 Å². The minimum absolute atomic E-state index is 0.155. The van der Waals surface area contributed by atoms with Gasteiger partial charge in [-0.2, -0.15) is 31.6 Å². The van der Waals surface area contributed by atoms with E-state index in [4.69, 9.17) is 21.5 Å². The summed E-state index contributed by atoms with van der Waals surface area (Å²) in [6, 6.07) is 9.77. The Labute approximate surface area is 173 Å². The summed E-state index contributed by atoms with van der Waals surface area (Å²) in [6.45, 7) is -2.11. The van der Waals surface area contributed by atoms with Crippen LogP contribution in [0.2, 0.25) is 0 Å². The van der Waals surface area contributed by atoms with Crippen molar-refractivity contribution in [3.05, 3.63) is 53.6 Å². The summed E-state index contributed by atoms with van der Waals surface area (Å²) in [4.78, 5) is 4.50. The standard InChI is InChI=1S/C19H17F6N5O/c20-18(21,22)11-30(14-4-1-12(10-26)16(9-14)19(23,24)25)7-8-31-15-5-2-13(3-6-15)29-17(27)28/h1-6,9H,7-8,11H2,(H4,27,28,29). The molecule has 0 bridgehead atoms. The van der Waals surface area contributed by atoms with Gasteiger partial charge in [0.25, 0.3) is 0 Å². The second-order valence-electron chi connectivity index (χ2n) is 6.26. The largest absolute Gasteiger partial charge is 0.492 e. The second-order valence-corrected chi connectivity index (χ2v) is 6.26. The first-order chi connectivity index (χ1) is 14.4. The molecule has 0 aliphatic heterocycles. The number of nitrogens with two attached hydrogens (primary N) is 2. The van der Waals surface area contributed by atoms with Crippen LogP contribution in [0.3, 0.4) is 0 Å². The minimum Gasteiger partial charge on any atom is -0.492 e. The lowest BCUT2D eigenvalue weighted by Gasteiger charge is -2.27. The van der Waals surface area contributed by atoms with Crippen LogP contribution in [0.15, 0.2) is 47.5 Å². The molecule has 0 atom stereocenters. The Kier molecular flexibility index (Phi) is 7.22. The molecule has 31 heavy (non-hydrogen) atoms. The quantitative estimate of drug-likeness (QED) is 0.382. The predicted molar refractivity (Wildman–Crippen MR) is 102 cm³/mol. The van der Waals surface area contributed by atoms with Crippen molar-refractivity contribution in [3.8, 4) is 11.8 Å². The number of alkyl halides is 6. The van der Waals surface area contributed by atoms with E-state index in [2.05, 4.69) is 4.99 Å². The fourth-order valence-electron chi connectivity index (χ4n) is 2.62. The van der Waals surface area contributed by atoms with E-state index in [1.165, 1.54) is 30.3 Å². The van der Waals surface area contributed by atoms with Crippen LogP contribution in [0.1, 0.15) is 11.1 Å². The third-order valence-corrected chi connectivity index (χ3v) is 3.89. The topological polar surface area (TPSA) is 101 Å². The average Bonchev–Trinajstić information content (AvgIpc) is 2.66. The highest BCUT2D eigenvalue weighted by Gasteiger charge is 2.36. The lowest BCUT2D eigenvalue weighted by Crippen LogP contribution is -2.37. The first-order valence-corrected chi connectivity index (χ1v) is 8.64. The summed E-state index contributed by atoms with van der Waals surface area (Å²) in [5, 5.41) is 8.85. The molecule has 166 valence electrons. The van der Waals surface area contributed by atoms with Gasteiger partial charge in [0.1, 0.15) is 18.9 Å². The van der Waals surface area contributed by atoms with Crippen LogP contribution >= 0.6 is 0 Å². The third-order valence-electron chi connectivity index (χ3n) is 3.89. The molecule has 0 saturated carbocycles. The highest BCUT2D eigenvalue weighted by molar-refractivity contribution is 5.79. The van der Waals surface area contributed by atoms with Crippen molar-refractivity contribution in [1.29, 1.82) is 5.26 Å². The van der Waals surface area contributed by atoms with Gasteiger partial charge in [0.05, 0.1) is 29.4 Å². The van der Waals surface area contributed by atoms with Gasteiger partial charge < -0.3 is 21.1 Å². The van der Waals surface area contributed by atoms with E-state index in [0.29, 0.717) is 22.4 Å². The molecular weight excluding hydrogens is 428 g/mol. The first-order valence-electron chi connectivity index (χ1n) is 8.64. The van der Waals surface area contributed by atoms with Gasteiger partial charge in [-0.3, -0.25) is 0 Å². The molecule has 2 aromatic rings. The molecule has 4 N–H and O–H groups in total. The zero-order valence-corrected chi connectivity index (χ0v) is 15.8. The Hall–Kier alpha value is -3.62. The lowest BCUT2D eigenvalue weighted by atomic mass is 10.1. The molecular formula is C19H17F6N5O. The highest BCUT2D eigenvalue weighted by atomic mass is 19.4. The first kappa shape index (κ1) is 23.7. The Bertz CT molecular complexity index is 960. The average molecular weight is 445 g/mol. The number of nitriles is 1. The van der Waals surface area contributed by atoms with E-state index < -0.39 is 30.0 Å². The van der Waals surface area contributed by atoms with Crippen LogP contribution in [0.25, 0.3) is 0 Å². The maximum Gasteiger partial charge on any atom is 0.417 e. The third kappa shape index (κ3) is 7.29. The lowest BCUT2D eigenvalue weighted by molar-refractivity contribution is -0.137. The number of rotatable bonds is 7. The number of benzene rings is 2. The zero-order valence-electron chi connectivity index (χ0n) is 15.8. The maximum atomic E-state index is 13.2. The van der Waals surface area contributed by atoms with Gasteiger partial charge in [-0.1, -0.05) is 0 Å². The fraction of sp³-hybridized carbons (Fsp3) is 0.263. The SMILES string of the molecule is N#Cc1ccc(N(CCOc2ccc(N=C(N)N)cc2)CC(F)(F)F)cc1C(F)(F)F. The molecule has 12 heteroatoms. The number of aliphatic imine (C=N–C) groups is 1. The Morgan fingerprint density at radius 2 is 1.68 bits per heavy atom. The van der Waals surface area contributed by atoms with Gasteiger partial charge in [-0.05, 0) is 42.5 Å². The summed E-state index contributed by atoms with van der Waals surface area (Å²) < 4.78 is 83.8. The van der Waals surface area contributed by atoms with Crippen LogP contribution < -0.4 is 21.1 Å². The molecule has 0 radical (unpaired) electrons. The Morgan fingerprint density at radius 1 is 1.03 bits per heavy atom. The van der Waals surface area contributed by atoms with E-state index >= 15 is 0 Å². The van der Waals surface area contributed by atoms with Crippen molar-refractivity contribution >= 4 is 17.3 Å². The zero-order chi connectivity index (χ0) is 23.2. The van der Waals surface area contributed by atoms with Gasteiger partial charge in [0.15, 0.2) is 5.96 Å². The molecule has 0 heterocycles. The summed E-state index contributed by atoms with van der Waals surface area (Å²) >= 11 is 0. The van der Waals surface area contributed by atoms with Crippen molar-refractivity contribution < 1.29 is 31.1 Å². The van der Waals surface area contributed by atoms with E-state index in [0.717, 1.165) is 12.1 Å². The van der Waals surface area contributed by atoms with Gasteiger partial charge in [0.2, 0.25) is 0 Å². The molecule has 2 aromatic carbocycles. The number of nitrogens with zero attached hydrogens (tertiary/aromatic N) is 3. The smallest absolute Gasteiger partial charge is 0.417 e. The Balaban J connectivity index is 2.18. The van der Waals surface area contributed by atoms with Crippen LogP contribution in [0.5, 0.6) is 5.75 Å². The summed E-state index contributed by atoms with van der Waals surface area (Å²) in [6.07, 6.45) is -9.56. The fourth-order valence-corrected chi connectivity index (χ4v) is 2.62. The summed E-state index contributed by atoms with van der Waals surface area (Å²) in [5.41, 5.74) is 8.60. The van der Waals surface area contributed by atoms with E-state index in [-0.39, 0.29) is 24.8 Å². The molecule has 0 aliphatic carbocycles. The molecule has 0 spiro atoms. The predicted octanol–water partition coefficient (Wildman–Crippen LogP) is 3.93. The summed E-state index contributed by atoms with van der Waals surface area (Å²) in [7, 11) is 0. The van der Waals surface area contributed by atoms with Gasteiger partial charge in [0, 0.05) is 5.69 Å². The molecule has 0 fully saturated rings. The van der Waals surface area contributed by atoms with Crippen molar-refractivity contribution in [2.45, 2.75) is 12.4 Å². The Morgan fingerprint density at radius 3 is 2.19 bits per heavy atom. The van der Waals surface area contributed by atoms with Crippen molar-refractivity contribution in [3.63, 3.8) is 0 Å². The second kappa shape index (κ2) is 9.46. The molecule has 0 amide bonds. The number of ether oxygens (including phenoxy) is 1. The molecule has 0 aliphatic rings. The number of anilines is 1. The van der Waals surface area contributed by atoms with Gasteiger partial charge in [-0.25, -0.2) is 4.99 Å². The normalized spacial score (nSPS) is 11.5. The molecule has 0 saturated heterocycles. The van der Waals surface area contributed by atoms with Crippen LogP contribution in [0.4, 0.5) is 37.7 Å². The van der Waals surface area contributed by atoms with E-state index in [9.17, 15) is 26.3 Å². The summed E-state index contributed by atoms with van der Waals surface area (Å²) in [5.74, 6) is 0.148. The van der Waals surface area contributed by atoms with E-state index in [1.54, 1.807) is 0 Å². The number of halogens is 6. The minimum atomic E-state index is -4.89. The van der Waals surface area contributed by atoms with Crippen LogP contribution in [-0.4, -0.2) is 31.8 Å². The molecule has 2 rings (SSSR count). The van der Waals surface area contributed by atoms with Crippen molar-refractivity contribution in [2.24, 2.45) is 16.5 Å². The van der Waals surface area contributed by atoms with Gasteiger partial charge in [-0.15, -0.1) is 0 Å². The maximum absolute atomic E-state index is 13.2. The van der Waals surface area contributed by atoms with Crippen LogP contribution in [0, 0.1) is 11.3 Å². The van der Waals surface area contributed by atoms with Crippen molar-refractivity contribution in [1.82, 2.24) is 0 Å². The molecule has 0 unspecified atom stereocenters. The van der Waals surface area contributed by atoms with Crippen molar-refractivity contribution in [2.75, 3.05) is 24.6 Å². The monoisotopic (exact) mass is 445 g/mol. The number of hydrogen-bond donors (Lipinski definition) is 2. The molecule has 0 aromatic heterocycles. The number of hydrogen-bond acceptors (Lipinski definition) is 4.